The largest absolute Gasteiger partial charge is 0.492 e. The van der Waals surface area contributed by atoms with Crippen molar-refractivity contribution in [2.24, 2.45) is 5.73 Å². The summed E-state index contributed by atoms with van der Waals surface area (Å²) in [6.07, 6.45) is 1.60. The number of aromatic nitrogens is 2. The number of carbonyl (C=O) groups excluding carboxylic acids is 1. The summed E-state index contributed by atoms with van der Waals surface area (Å²) >= 11 is 0. The number of benzene rings is 1. The molecule has 0 atom stereocenters. The SMILES string of the molecule is Cc1c(C(=O)Nc2ccc(OCCN)cc2)cnn1C(C)C. The van der Waals surface area contributed by atoms with Crippen molar-refractivity contribution in [2.75, 3.05) is 18.5 Å². The number of carbonyl (C=O) groups is 1. The molecule has 2 aromatic rings. The van der Waals surface area contributed by atoms with Crippen LogP contribution in [0.1, 0.15) is 35.9 Å². The minimum Gasteiger partial charge on any atom is -0.492 e. The van der Waals surface area contributed by atoms with Crippen LogP contribution in [0.2, 0.25) is 0 Å². The molecule has 6 nitrogen and oxygen atoms in total. The Bertz CT molecular complexity index is 632. The second-order valence-corrected chi connectivity index (χ2v) is 5.30. The first-order chi connectivity index (χ1) is 10.5. The Morgan fingerprint density at radius 2 is 2.05 bits per heavy atom. The van der Waals surface area contributed by atoms with Gasteiger partial charge >= 0.3 is 0 Å². The van der Waals surface area contributed by atoms with Crippen LogP contribution in [0.3, 0.4) is 0 Å². The molecule has 0 unspecified atom stereocenters. The highest BCUT2D eigenvalue weighted by Crippen LogP contribution is 2.18. The first-order valence-electron chi connectivity index (χ1n) is 7.31. The minimum absolute atomic E-state index is 0.167. The summed E-state index contributed by atoms with van der Waals surface area (Å²) in [5.74, 6) is 0.562. The summed E-state index contributed by atoms with van der Waals surface area (Å²) in [4.78, 5) is 12.3. The van der Waals surface area contributed by atoms with Crippen LogP contribution < -0.4 is 15.8 Å². The normalized spacial score (nSPS) is 10.8. The van der Waals surface area contributed by atoms with Crippen LogP contribution in [0.5, 0.6) is 5.75 Å². The molecule has 0 saturated heterocycles. The molecule has 0 spiro atoms. The lowest BCUT2D eigenvalue weighted by Crippen LogP contribution is -2.14. The fourth-order valence-corrected chi connectivity index (χ4v) is 2.18. The molecule has 1 aromatic carbocycles. The Labute approximate surface area is 130 Å². The third-order valence-corrected chi connectivity index (χ3v) is 3.28. The quantitative estimate of drug-likeness (QED) is 0.858. The Morgan fingerprint density at radius 3 is 2.59 bits per heavy atom. The molecule has 3 N–H and O–H groups in total. The van der Waals surface area contributed by atoms with E-state index in [1.165, 1.54) is 0 Å². The summed E-state index contributed by atoms with van der Waals surface area (Å²) in [7, 11) is 0. The average Bonchev–Trinajstić information content (AvgIpc) is 2.88. The van der Waals surface area contributed by atoms with E-state index in [0.717, 1.165) is 11.4 Å². The zero-order valence-corrected chi connectivity index (χ0v) is 13.2. The number of nitrogens with one attached hydrogen (secondary N) is 1. The van der Waals surface area contributed by atoms with E-state index >= 15 is 0 Å². The lowest BCUT2D eigenvalue weighted by molar-refractivity contribution is 0.102. The van der Waals surface area contributed by atoms with Gasteiger partial charge in [0.25, 0.3) is 5.91 Å². The summed E-state index contributed by atoms with van der Waals surface area (Å²) in [5.41, 5.74) is 7.53. The molecule has 1 heterocycles. The monoisotopic (exact) mass is 302 g/mol. The molecule has 0 aliphatic carbocycles. The zero-order valence-electron chi connectivity index (χ0n) is 13.2. The van der Waals surface area contributed by atoms with E-state index in [4.69, 9.17) is 10.5 Å². The predicted octanol–water partition coefficient (Wildman–Crippen LogP) is 2.36. The number of hydrogen-bond donors (Lipinski definition) is 2. The second-order valence-electron chi connectivity index (χ2n) is 5.30. The number of nitrogens with two attached hydrogens (primary N) is 1. The molecule has 0 radical (unpaired) electrons. The molecular weight excluding hydrogens is 280 g/mol. The molecule has 1 amide bonds. The third kappa shape index (κ3) is 3.65. The van der Waals surface area contributed by atoms with Crippen LogP contribution in [-0.4, -0.2) is 28.8 Å². The molecule has 118 valence electrons. The van der Waals surface area contributed by atoms with E-state index in [1.54, 1.807) is 30.5 Å². The maximum atomic E-state index is 12.3. The van der Waals surface area contributed by atoms with Crippen molar-refractivity contribution in [3.8, 4) is 5.75 Å². The van der Waals surface area contributed by atoms with E-state index in [9.17, 15) is 4.79 Å². The van der Waals surface area contributed by atoms with Crippen molar-refractivity contribution >= 4 is 11.6 Å². The molecule has 1 aromatic heterocycles. The number of amides is 1. The smallest absolute Gasteiger partial charge is 0.259 e. The Balaban J connectivity index is 2.05. The van der Waals surface area contributed by atoms with Gasteiger partial charge in [-0.15, -0.1) is 0 Å². The third-order valence-electron chi connectivity index (χ3n) is 3.28. The van der Waals surface area contributed by atoms with Gasteiger partial charge in [-0.05, 0) is 45.0 Å². The molecule has 0 saturated carbocycles. The lowest BCUT2D eigenvalue weighted by atomic mass is 10.2. The number of anilines is 1. The Hall–Kier alpha value is -2.34. The highest BCUT2D eigenvalue weighted by molar-refractivity contribution is 6.04. The fraction of sp³-hybridized carbons (Fsp3) is 0.375. The predicted molar refractivity (Wildman–Crippen MR) is 86.3 cm³/mol. The molecule has 6 heteroatoms. The van der Waals surface area contributed by atoms with Crippen LogP contribution in [0.15, 0.2) is 30.5 Å². The van der Waals surface area contributed by atoms with Gasteiger partial charge < -0.3 is 15.8 Å². The van der Waals surface area contributed by atoms with Gasteiger partial charge in [-0.1, -0.05) is 0 Å². The topological polar surface area (TPSA) is 82.2 Å². The van der Waals surface area contributed by atoms with Crippen LogP contribution in [0.4, 0.5) is 5.69 Å². The highest BCUT2D eigenvalue weighted by atomic mass is 16.5. The molecule has 0 fully saturated rings. The van der Waals surface area contributed by atoms with Crippen molar-refractivity contribution < 1.29 is 9.53 Å². The van der Waals surface area contributed by atoms with E-state index in [0.29, 0.717) is 24.4 Å². The van der Waals surface area contributed by atoms with Gasteiger partial charge in [-0.25, -0.2) is 0 Å². The maximum Gasteiger partial charge on any atom is 0.259 e. The summed E-state index contributed by atoms with van der Waals surface area (Å²) in [6, 6.07) is 7.42. The summed E-state index contributed by atoms with van der Waals surface area (Å²) < 4.78 is 7.23. The van der Waals surface area contributed by atoms with Gasteiger partial charge in [-0.3, -0.25) is 9.48 Å². The van der Waals surface area contributed by atoms with Crippen molar-refractivity contribution in [2.45, 2.75) is 26.8 Å². The summed E-state index contributed by atoms with van der Waals surface area (Å²) in [5, 5.41) is 7.11. The molecule has 0 bridgehead atoms. The van der Waals surface area contributed by atoms with E-state index in [-0.39, 0.29) is 11.9 Å². The average molecular weight is 302 g/mol. The molecule has 2 rings (SSSR count). The van der Waals surface area contributed by atoms with Crippen molar-refractivity contribution in [1.82, 2.24) is 9.78 Å². The zero-order chi connectivity index (χ0) is 16.1. The Morgan fingerprint density at radius 1 is 1.36 bits per heavy atom. The fourth-order valence-electron chi connectivity index (χ4n) is 2.18. The minimum atomic E-state index is -0.167. The van der Waals surface area contributed by atoms with Gasteiger partial charge in [0, 0.05) is 24.0 Å². The van der Waals surface area contributed by atoms with E-state index in [2.05, 4.69) is 10.4 Å². The van der Waals surface area contributed by atoms with Crippen LogP contribution in [0, 0.1) is 6.92 Å². The lowest BCUT2D eigenvalue weighted by Gasteiger charge is -2.09. The molecule has 0 aliphatic rings. The first kappa shape index (κ1) is 16.0. The molecule has 22 heavy (non-hydrogen) atoms. The van der Waals surface area contributed by atoms with Crippen molar-refractivity contribution in [3.63, 3.8) is 0 Å². The molecular formula is C16H22N4O2. The van der Waals surface area contributed by atoms with Crippen LogP contribution >= 0.6 is 0 Å². The highest BCUT2D eigenvalue weighted by Gasteiger charge is 2.15. The number of hydrogen-bond acceptors (Lipinski definition) is 4. The van der Waals surface area contributed by atoms with Crippen molar-refractivity contribution in [3.05, 3.63) is 41.7 Å². The van der Waals surface area contributed by atoms with Crippen LogP contribution in [0.25, 0.3) is 0 Å². The van der Waals surface area contributed by atoms with Crippen LogP contribution in [-0.2, 0) is 0 Å². The molecule has 0 aliphatic heterocycles. The number of rotatable bonds is 6. The number of ether oxygens (including phenoxy) is 1. The van der Waals surface area contributed by atoms with Gasteiger partial charge in [-0.2, -0.15) is 5.10 Å². The standard InChI is InChI=1S/C16H22N4O2/c1-11(2)20-12(3)15(10-18-20)16(21)19-13-4-6-14(7-5-13)22-9-8-17/h4-7,10-11H,8-9,17H2,1-3H3,(H,19,21). The maximum absolute atomic E-state index is 12.3. The van der Waals surface area contributed by atoms with E-state index < -0.39 is 0 Å². The van der Waals surface area contributed by atoms with Gasteiger partial charge in [0.05, 0.1) is 11.8 Å². The summed E-state index contributed by atoms with van der Waals surface area (Å²) in [6.45, 7) is 6.89. The Kier molecular flexibility index (Phi) is 5.16. The van der Waals surface area contributed by atoms with Crippen molar-refractivity contribution in [1.29, 1.82) is 0 Å². The second kappa shape index (κ2) is 7.09. The van der Waals surface area contributed by atoms with Gasteiger partial charge in [0.1, 0.15) is 12.4 Å². The number of nitrogens with zero attached hydrogens (tertiary/aromatic N) is 2. The van der Waals surface area contributed by atoms with E-state index in [1.807, 2.05) is 25.5 Å². The van der Waals surface area contributed by atoms with Gasteiger partial charge in [0.2, 0.25) is 0 Å². The first-order valence-corrected chi connectivity index (χ1v) is 7.31. The van der Waals surface area contributed by atoms with Gasteiger partial charge in [0.15, 0.2) is 0 Å².